The van der Waals surface area contributed by atoms with Crippen LogP contribution in [0.25, 0.3) is 0 Å². The van der Waals surface area contributed by atoms with Gasteiger partial charge >= 0.3 is 5.97 Å². The van der Waals surface area contributed by atoms with Gasteiger partial charge < -0.3 is 10.1 Å². The lowest BCUT2D eigenvalue weighted by molar-refractivity contribution is 0.0593. The highest BCUT2D eigenvalue weighted by Crippen LogP contribution is 2.03. The standard InChI is InChI=1S/C12H15N5O2/c1-17-8-9(5-16-17)3-4-13-11-7-14-10(6-15-11)12(18)19-2/h5-8H,3-4H2,1-2H3,(H,13,15). The van der Waals surface area contributed by atoms with Crippen LogP contribution >= 0.6 is 0 Å². The Balaban J connectivity index is 1.84. The molecule has 0 spiro atoms. The molecule has 2 aromatic rings. The van der Waals surface area contributed by atoms with Gasteiger partial charge in [0, 0.05) is 19.8 Å². The first-order valence-electron chi connectivity index (χ1n) is 5.81. The Kier molecular flexibility index (Phi) is 4.07. The number of rotatable bonds is 5. The van der Waals surface area contributed by atoms with Crippen molar-refractivity contribution in [3.63, 3.8) is 0 Å². The molecule has 2 rings (SSSR count). The third-order valence-corrected chi connectivity index (χ3v) is 2.52. The van der Waals surface area contributed by atoms with Gasteiger partial charge in [0.15, 0.2) is 5.69 Å². The normalized spacial score (nSPS) is 10.2. The van der Waals surface area contributed by atoms with Crippen LogP contribution in [-0.4, -0.2) is 39.4 Å². The fourth-order valence-corrected chi connectivity index (χ4v) is 1.57. The number of carbonyl (C=O) groups is 1. The molecule has 0 aromatic carbocycles. The molecule has 0 atom stereocenters. The molecule has 0 saturated carbocycles. The topological polar surface area (TPSA) is 81.9 Å². The minimum Gasteiger partial charge on any atom is -0.464 e. The van der Waals surface area contributed by atoms with Crippen LogP contribution in [0.15, 0.2) is 24.8 Å². The molecule has 0 saturated heterocycles. The van der Waals surface area contributed by atoms with E-state index in [1.54, 1.807) is 4.68 Å². The molecule has 1 N–H and O–H groups in total. The van der Waals surface area contributed by atoms with Crippen molar-refractivity contribution in [1.82, 2.24) is 19.7 Å². The molecule has 0 unspecified atom stereocenters. The maximum atomic E-state index is 11.2. The Morgan fingerprint density at radius 3 is 2.79 bits per heavy atom. The Hall–Kier alpha value is -2.44. The molecule has 19 heavy (non-hydrogen) atoms. The van der Waals surface area contributed by atoms with Crippen LogP contribution < -0.4 is 5.32 Å². The number of aryl methyl sites for hydroxylation is 1. The zero-order valence-electron chi connectivity index (χ0n) is 10.8. The summed E-state index contributed by atoms with van der Waals surface area (Å²) in [6.07, 6.45) is 7.53. The van der Waals surface area contributed by atoms with Crippen molar-refractivity contribution in [1.29, 1.82) is 0 Å². The Morgan fingerprint density at radius 2 is 2.21 bits per heavy atom. The summed E-state index contributed by atoms with van der Waals surface area (Å²) in [6.45, 7) is 0.720. The van der Waals surface area contributed by atoms with Gasteiger partial charge in [-0.3, -0.25) is 4.68 Å². The van der Waals surface area contributed by atoms with Crippen molar-refractivity contribution >= 4 is 11.8 Å². The second-order valence-electron chi connectivity index (χ2n) is 3.98. The molecule has 2 heterocycles. The van der Waals surface area contributed by atoms with E-state index in [1.807, 2.05) is 19.4 Å². The van der Waals surface area contributed by atoms with Crippen molar-refractivity contribution in [2.24, 2.45) is 7.05 Å². The van der Waals surface area contributed by atoms with E-state index in [-0.39, 0.29) is 5.69 Å². The summed E-state index contributed by atoms with van der Waals surface area (Å²) in [7, 11) is 3.19. The van der Waals surface area contributed by atoms with Crippen LogP contribution in [0.2, 0.25) is 0 Å². The van der Waals surface area contributed by atoms with Gasteiger partial charge in [0.05, 0.1) is 25.7 Å². The van der Waals surface area contributed by atoms with Crippen molar-refractivity contribution in [3.05, 3.63) is 36.0 Å². The molecule has 0 aliphatic rings. The van der Waals surface area contributed by atoms with Gasteiger partial charge in [-0.05, 0) is 12.0 Å². The lowest BCUT2D eigenvalue weighted by atomic mass is 10.2. The highest BCUT2D eigenvalue weighted by molar-refractivity contribution is 5.86. The average molecular weight is 261 g/mol. The molecule has 0 bridgehead atoms. The SMILES string of the molecule is COC(=O)c1cnc(NCCc2cnn(C)c2)cn1. The molecule has 7 nitrogen and oxygen atoms in total. The maximum absolute atomic E-state index is 11.2. The first kappa shape index (κ1) is 13.0. The molecular formula is C12H15N5O2. The van der Waals surface area contributed by atoms with Crippen LogP contribution in [0.3, 0.4) is 0 Å². The first-order valence-corrected chi connectivity index (χ1v) is 5.81. The molecule has 7 heteroatoms. The largest absolute Gasteiger partial charge is 0.464 e. The average Bonchev–Trinajstić information content (AvgIpc) is 2.84. The fourth-order valence-electron chi connectivity index (χ4n) is 1.57. The predicted molar refractivity (Wildman–Crippen MR) is 68.8 cm³/mol. The van der Waals surface area contributed by atoms with E-state index in [9.17, 15) is 4.79 Å². The van der Waals surface area contributed by atoms with Gasteiger partial charge in [-0.2, -0.15) is 5.10 Å². The number of hydrogen-bond donors (Lipinski definition) is 1. The second-order valence-corrected chi connectivity index (χ2v) is 3.98. The molecule has 0 amide bonds. The highest BCUT2D eigenvalue weighted by Gasteiger charge is 2.07. The van der Waals surface area contributed by atoms with Gasteiger partial charge in [-0.15, -0.1) is 0 Å². The summed E-state index contributed by atoms with van der Waals surface area (Å²) in [5.41, 5.74) is 1.34. The molecule has 100 valence electrons. The zero-order chi connectivity index (χ0) is 13.7. The summed E-state index contributed by atoms with van der Waals surface area (Å²) >= 11 is 0. The predicted octanol–water partition coefficient (Wildman–Crippen LogP) is 0.651. The molecule has 0 radical (unpaired) electrons. The molecule has 2 aromatic heterocycles. The number of aromatic nitrogens is 4. The van der Waals surface area contributed by atoms with Crippen LogP contribution in [0.1, 0.15) is 16.1 Å². The van der Waals surface area contributed by atoms with Crippen molar-refractivity contribution in [3.8, 4) is 0 Å². The smallest absolute Gasteiger partial charge is 0.358 e. The maximum Gasteiger partial charge on any atom is 0.358 e. The van der Waals surface area contributed by atoms with E-state index < -0.39 is 5.97 Å². The van der Waals surface area contributed by atoms with Crippen LogP contribution in [0, 0.1) is 0 Å². The molecule has 0 aliphatic carbocycles. The quantitative estimate of drug-likeness (QED) is 0.796. The van der Waals surface area contributed by atoms with Gasteiger partial charge in [0.1, 0.15) is 5.82 Å². The number of ether oxygens (including phenoxy) is 1. The number of carbonyl (C=O) groups excluding carboxylic acids is 1. The third-order valence-electron chi connectivity index (χ3n) is 2.52. The third kappa shape index (κ3) is 3.51. The van der Waals surface area contributed by atoms with Crippen LogP contribution in [0.5, 0.6) is 0 Å². The lowest BCUT2D eigenvalue weighted by Gasteiger charge is -2.04. The van der Waals surface area contributed by atoms with E-state index in [4.69, 9.17) is 0 Å². The van der Waals surface area contributed by atoms with E-state index in [2.05, 4.69) is 25.1 Å². The van der Waals surface area contributed by atoms with Gasteiger partial charge in [-0.1, -0.05) is 0 Å². The Morgan fingerprint density at radius 1 is 1.37 bits per heavy atom. The molecular weight excluding hydrogens is 246 g/mol. The number of anilines is 1. The second kappa shape index (κ2) is 5.94. The van der Waals surface area contributed by atoms with Crippen molar-refractivity contribution < 1.29 is 9.53 Å². The summed E-state index contributed by atoms with van der Waals surface area (Å²) in [4.78, 5) is 19.2. The Bertz CT molecular complexity index is 550. The fraction of sp³-hybridized carbons (Fsp3) is 0.333. The summed E-state index contributed by atoms with van der Waals surface area (Å²) < 4.78 is 6.31. The summed E-state index contributed by atoms with van der Waals surface area (Å²) in [6, 6.07) is 0. The summed E-state index contributed by atoms with van der Waals surface area (Å²) in [5, 5.41) is 7.22. The van der Waals surface area contributed by atoms with E-state index in [0.717, 1.165) is 18.5 Å². The minimum atomic E-state index is -0.491. The zero-order valence-corrected chi connectivity index (χ0v) is 10.8. The highest BCUT2D eigenvalue weighted by atomic mass is 16.5. The van der Waals surface area contributed by atoms with Crippen LogP contribution in [-0.2, 0) is 18.2 Å². The van der Waals surface area contributed by atoms with Crippen LogP contribution in [0.4, 0.5) is 5.82 Å². The number of esters is 1. The van der Waals surface area contributed by atoms with Gasteiger partial charge in [0.2, 0.25) is 0 Å². The van der Waals surface area contributed by atoms with E-state index >= 15 is 0 Å². The molecule has 0 aliphatic heterocycles. The number of methoxy groups -OCH3 is 1. The van der Waals surface area contributed by atoms with Crippen molar-refractivity contribution in [2.45, 2.75) is 6.42 Å². The first-order chi connectivity index (χ1) is 9.19. The summed E-state index contributed by atoms with van der Waals surface area (Å²) in [5.74, 6) is 0.131. The minimum absolute atomic E-state index is 0.195. The van der Waals surface area contributed by atoms with Gasteiger partial charge in [0.25, 0.3) is 0 Å². The number of nitrogens with zero attached hydrogens (tertiary/aromatic N) is 4. The van der Waals surface area contributed by atoms with E-state index in [1.165, 1.54) is 19.5 Å². The molecule has 0 fully saturated rings. The lowest BCUT2D eigenvalue weighted by Crippen LogP contribution is -2.09. The van der Waals surface area contributed by atoms with Crippen molar-refractivity contribution in [2.75, 3.05) is 19.0 Å². The van der Waals surface area contributed by atoms with Gasteiger partial charge in [-0.25, -0.2) is 14.8 Å². The number of nitrogens with one attached hydrogen (secondary N) is 1. The van der Waals surface area contributed by atoms with E-state index in [0.29, 0.717) is 5.82 Å². The Labute approximate surface area is 110 Å². The number of hydrogen-bond acceptors (Lipinski definition) is 6. The monoisotopic (exact) mass is 261 g/mol.